The van der Waals surface area contributed by atoms with Crippen LogP contribution in [0.15, 0.2) is 61.1 Å². The van der Waals surface area contributed by atoms with Crippen LogP contribution in [-0.4, -0.2) is 38.6 Å². The van der Waals surface area contributed by atoms with Gasteiger partial charge in [-0.1, -0.05) is 26.0 Å². The van der Waals surface area contributed by atoms with E-state index in [1.54, 1.807) is 12.4 Å². The van der Waals surface area contributed by atoms with Crippen molar-refractivity contribution in [1.29, 1.82) is 0 Å². The maximum Gasteiger partial charge on any atom is 0.233 e. The molecule has 0 amide bonds. The van der Waals surface area contributed by atoms with Crippen molar-refractivity contribution in [2.45, 2.75) is 45.2 Å². The lowest BCUT2D eigenvalue weighted by Crippen LogP contribution is -2.41. The van der Waals surface area contributed by atoms with E-state index in [0.29, 0.717) is 12.0 Å². The second-order valence-corrected chi connectivity index (χ2v) is 7.91. The molecule has 0 bridgehead atoms. The molecule has 1 aliphatic heterocycles. The Hall–Kier alpha value is -2.66. The minimum atomic E-state index is 0.482. The molecular formula is C23H29N5. The van der Waals surface area contributed by atoms with Crippen LogP contribution in [0.25, 0.3) is 5.95 Å². The average Bonchev–Trinajstić information content (AvgIpc) is 3.17. The number of piperidine rings is 1. The molecular weight excluding hydrogens is 346 g/mol. The van der Waals surface area contributed by atoms with E-state index in [0.717, 1.165) is 25.6 Å². The molecule has 28 heavy (non-hydrogen) atoms. The number of hydrogen-bond donors (Lipinski definition) is 1. The van der Waals surface area contributed by atoms with Crippen LogP contribution in [0.4, 0.5) is 5.69 Å². The summed E-state index contributed by atoms with van der Waals surface area (Å²) in [4.78, 5) is 11.3. The maximum atomic E-state index is 4.39. The molecule has 1 aliphatic rings. The molecule has 0 saturated carbocycles. The Morgan fingerprint density at radius 3 is 2.61 bits per heavy atom. The van der Waals surface area contributed by atoms with E-state index < -0.39 is 0 Å². The Morgan fingerprint density at radius 1 is 1.07 bits per heavy atom. The van der Waals surface area contributed by atoms with Crippen LogP contribution >= 0.6 is 0 Å². The molecule has 0 spiro atoms. The molecule has 1 saturated heterocycles. The molecule has 146 valence electrons. The molecule has 3 heterocycles. The third-order valence-electron chi connectivity index (χ3n) is 5.44. The number of nitrogens with zero attached hydrogens (tertiary/aromatic N) is 4. The van der Waals surface area contributed by atoms with Crippen molar-refractivity contribution >= 4 is 5.69 Å². The summed E-state index contributed by atoms with van der Waals surface area (Å²) in [5, 5.41) is 3.73. The van der Waals surface area contributed by atoms with Gasteiger partial charge in [-0.15, -0.1) is 0 Å². The van der Waals surface area contributed by atoms with Crippen LogP contribution in [0.2, 0.25) is 0 Å². The first-order valence-electron chi connectivity index (χ1n) is 10.2. The van der Waals surface area contributed by atoms with Crippen LogP contribution in [-0.2, 0) is 6.54 Å². The molecule has 1 aromatic carbocycles. The van der Waals surface area contributed by atoms with Crippen LogP contribution in [0, 0.1) is 0 Å². The van der Waals surface area contributed by atoms with Gasteiger partial charge in [0, 0.05) is 49.1 Å². The first-order valence-corrected chi connectivity index (χ1v) is 10.2. The standard InChI is InChI=1S/C23H29N5/c1-18(2)19-8-10-20(11-9-19)26-21-6-3-14-27(16-21)17-22-7-4-15-28(22)23-24-12-5-13-25-23/h4-5,7-13,15,18,21,26H,3,6,14,16-17H2,1-2H3. The van der Waals surface area contributed by atoms with E-state index in [2.05, 4.69) is 75.0 Å². The number of benzene rings is 1. The van der Waals surface area contributed by atoms with E-state index >= 15 is 0 Å². The normalized spacial score (nSPS) is 17.8. The molecule has 5 heteroatoms. The number of nitrogens with one attached hydrogen (secondary N) is 1. The molecule has 1 N–H and O–H groups in total. The van der Waals surface area contributed by atoms with E-state index in [9.17, 15) is 0 Å². The highest BCUT2D eigenvalue weighted by Crippen LogP contribution is 2.21. The summed E-state index contributed by atoms with van der Waals surface area (Å²) in [7, 11) is 0. The van der Waals surface area contributed by atoms with Crippen molar-refractivity contribution in [2.75, 3.05) is 18.4 Å². The second-order valence-electron chi connectivity index (χ2n) is 7.91. The first-order chi connectivity index (χ1) is 13.7. The molecule has 1 fully saturated rings. The topological polar surface area (TPSA) is 46.0 Å². The minimum absolute atomic E-state index is 0.482. The van der Waals surface area contributed by atoms with Gasteiger partial charge >= 0.3 is 0 Å². The lowest BCUT2D eigenvalue weighted by Gasteiger charge is -2.33. The van der Waals surface area contributed by atoms with E-state index in [1.807, 2.05) is 12.3 Å². The van der Waals surface area contributed by atoms with Crippen molar-refractivity contribution in [3.8, 4) is 5.95 Å². The van der Waals surface area contributed by atoms with Gasteiger partial charge in [-0.05, 0) is 61.2 Å². The molecule has 5 nitrogen and oxygen atoms in total. The summed E-state index contributed by atoms with van der Waals surface area (Å²) in [5.74, 6) is 1.31. The number of aromatic nitrogens is 3. The minimum Gasteiger partial charge on any atom is -0.381 e. The Morgan fingerprint density at radius 2 is 1.86 bits per heavy atom. The number of hydrogen-bond acceptors (Lipinski definition) is 4. The number of anilines is 1. The van der Waals surface area contributed by atoms with Crippen LogP contribution in [0.3, 0.4) is 0 Å². The van der Waals surface area contributed by atoms with Gasteiger partial charge in [-0.25, -0.2) is 9.97 Å². The molecule has 3 aromatic rings. The molecule has 1 unspecified atom stereocenters. The molecule has 0 aliphatic carbocycles. The average molecular weight is 376 g/mol. The Labute approximate surface area is 167 Å². The van der Waals surface area contributed by atoms with Gasteiger partial charge in [0.05, 0.1) is 0 Å². The lowest BCUT2D eigenvalue weighted by atomic mass is 10.0. The monoisotopic (exact) mass is 375 g/mol. The number of likely N-dealkylation sites (tertiary alicyclic amines) is 1. The van der Waals surface area contributed by atoms with Crippen LogP contribution < -0.4 is 5.32 Å². The SMILES string of the molecule is CC(C)c1ccc(NC2CCCN(Cc3cccn3-c3ncccn3)C2)cc1. The summed E-state index contributed by atoms with van der Waals surface area (Å²) in [6, 6.07) is 15.5. The fraction of sp³-hybridized carbons (Fsp3) is 0.391. The highest BCUT2D eigenvalue weighted by molar-refractivity contribution is 5.46. The van der Waals surface area contributed by atoms with Crippen molar-refractivity contribution in [3.63, 3.8) is 0 Å². The van der Waals surface area contributed by atoms with Crippen molar-refractivity contribution in [2.24, 2.45) is 0 Å². The highest BCUT2D eigenvalue weighted by Gasteiger charge is 2.21. The molecule has 4 rings (SSSR count). The van der Waals surface area contributed by atoms with Crippen molar-refractivity contribution in [3.05, 3.63) is 72.3 Å². The van der Waals surface area contributed by atoms with Gasteiger partial charge < -0.3 is 5.32 Å². The Kier molecular flexibility index (Phi) is 5.72. The lowest BCUT2D eigenvalue weighted by molar-refractivity contribution is 0.205. The van der Waals surface area contributed by atoms with E-state index in [4.69, 9.17) is 0 Å². The zero-order valence-corrected chi connectivity index (χ0v) is 16.8. The largest absolute Gasteiger partial charge is 0.381 e. The van der Waals surface area contributed by atoms with Crippen LogP contribution in [0.5, 0.6) is 0 Å². The smallest absolute Gasteiger partial charge is 0.233 e. The predicted octanol–water partition coefficient (Wildman–Crippen LogP) is 4.47. The fourth-order valence-corrected chi connectivity index (χ4v) is 3.90. The van der Waals surface area contributed by atoms with Crippen molar-refractivity contribution < 1.29 is 0 Å². The quantitative estimate of drug-likeness (QED) is 0.691. The predicted molar refractivity (Wildman–Crippen MR) is 114 cm³/mol. The fourth-order valence-electron chi connectivity index (χ4n) is 3.90. The summed E-state index contributed by atoms with van der Waals surface area (Å²) in [6.07, 6.45) is 8.05. The number of rotatable bonds is 6. The summed E-state index contributed by atoms with van der Waals surface area (Å²) >= 11 is 0. The van der Waals surface area contributed by atoms with E-state index in [-0.39, 0.29) is 0 Å². The highest BCUT2D eigenvalue weighted by atomic mass is 15.2. The van der Waals surface area contributed by atoms with Gasteiger partial charge in [0.25, 0.3) is 0 Å². The van der Waals surface area contributed by atoms with Crippen LogP contribution in [0.1, 0.15) is 43.9 Å². The van der Waals surface area contributed by atoms with Crippen molar-refractivity contribution in [1.82, 2.24) is 19.4 Å². The first kappa shape index (κ1) is 18.7. The van der Waals surface area contributed by atoms with Gasteiger partial charge in [-0.3, -0.25) is 9.47 Å². The maximum absolute atomic E-state index is 4.39. The molecule has 0 radical (unpaired) electrons. The summed E-state index contributed by atoms with van der Waals surface area (Å²) in [5.41, 5.74) is 3.84. The summed E-state index contributed by atoms with van der Waals surface area (Å²) in [6.45, 7) is 7.56. The van der Waals surface area contributed by atoms with Gasteiger partial charge in [0.1, 0.15) is 0 Å². The third kappa shape index (κ3) is 4.42. The summed E-state index contributed by atoms with van der Waals surface area (Å²) < 4.78 is 2.09. The molecule has 2 aromatic heterocycles. The Balaban J connectivity index is 1.39. The second kappa shape index (κ2) is 8.57. The Bertz CT molecular complexity index is 870. The van der Waals surface area contributed by atoms with E-state index in [1.165, 1.54) is 29.8 Å². The van der Waals surface area contributed by atoms with Gasteiger partial charge in [-0.2, -0.15) is 0 Å². The zero-order valence-electron chi connectivity index (χ0n) is 16.8. The van der Waals surface area contributed by atoms with Gasteiger partial charge in [0.15, 0.2) is 0 Å². The molecule has 1 atom stereocenters. The zero-order chi connectivity index (χ0) is 19.3. The van der Waals surface area contributed by atoms with Gasteiger partial charge in [0.2, 0.25) is 5.95 Å². The third-order valence-corrected chi connectivity index (χ3v) is 5.44.